The number of nitrogens with one attached hydrogen (secondary N) is 1. The molecule has 0 aliphatic heterocycles. The van der Waals surface area contributed by atoms with E-state index in [0.29, 0.717) is 29.1 Å². The monoisotopic (exact) mass is 565 g/mol. The fraction of sp³-hybridized carbons (Fsp3) is 0.417. The molecule has 2 atom stereocenters. The highest BCUT2D eigenvalue weighted by Gasteiger charge is 2.35. The summed E-state index contributed by atoms with van der Waals surface area (Å²) < 4.78 is 79.9. The highest BCUT2D eigenvalue weighted by molar-refractivity contribution is 7.92. The van der Waals surface area contributed by atoms with Gasteiger partial charge in [0.1, 0.15) is 18.4 Å². The summed E-state index contributed by atoms with van der Waals surface area (Å²) in [7, 11) is -4.32. The topological polar surface area (TPSA) is 86.8 Å². The van der Waals surface area contributed by atoms with Gasteiger partial charge in [0.2, 0.25) is 21.8 Å². The average Bonchev–Trinajstić information content (AvgIpc) is 2.80. The second kappa shape index (κ2) is 12.1. The number of amides is 2. The van der Waals surface area contributed by atoms with E-state index in [2.05, 4.69) is 5.32 Å². The lowest BCUT2D eigenvalue weighted by molar-refractivity contribution is -0.139. The number of carbonyl (C=O) groups excluding carboxylic acids is 2. The Hall–Kier alpha value is -2.86. The highest BCUT2D eigenvalue weighted by atomic mass is 35.5. The molecule has 0 radical (unpaired) electrons. The normalized spacial score (nSPS) is 13.5. The number of nitrogens with zero attached hydrogens (tertiary/aromatic N) is 2. The van der Waals surface area contributed by atoms with Crippen molar-refractivity contribution < 1.29 is 35.6 Å². The second-order valence-corrected chi connectivity index (χ2v) is 10.9. The van der Waals surface area contributed by atoms with Gasteiger partial charge in [0.25, 0.3) is 0 Å². The summed E-state index contributed by atoms with van der Waals surface area (Å²) in [4.78, 5) is 27.2. The minimum atomic E-state index is -4.80. The van der Waals surface area contributed by atoms with Crippen molar-refractivity contribution in [2.75, 3.05) is 17.1 Å². The average molecular weight is 566 g/mol. The largest absolute Gasteiger partial charge is 0.416 e. The molecule has 2 aromatic carbocycles. The van der Waals surface area contributed by atoms with Gasteiger partial charge in [-0.25, -0.2) is 12.8 Å². The summed E-state index contributed by atoms with van der Waals surface area (Å²) in [5, 5.41) is 2.37. The Balaban J connectivity index is 2.51. The standard InChI is InChI=1S/C24H28ClF4N3O4S/c1-5-15(2)30-23(34)16(3)31(13-17-8-6-7-9-20(17)26)22(33)14-32(37(4,35)36)21-12-18(24(27,28)29)10-11-19(21)25/h6-12,15-16H,5,13-14H2,1-4H3,(H,30,34)/t15-,16-/m1/s1. The van der Waals surface area contributed by atoms with Crippen LogP contribution in [0.5, 0.6) is 0 Å². The van der Waals surface area contributed by atoms with Crippen LogP contribution in [-0.2, 0) is 32.3 Å². The lowest BCUT2D eigenvalue weighted by atomic mass is 10.1. The van der Waals surface area contributed by atoms with Crippen molar-refractivity contribution in [3.63, 3.8) is 0 Å². The maximum Gasteiger partial charge on any atom is 0.416 e. The van der Waals surface area contributed by atoms with Gasteiger partial charge in [-0.2, -0.15) is 13.2 Å². The van der Waals surface area contributed by atoms with Crippen LogP contribution in [-0.4, -0.2) is 50.0 Å². The molecule has 13 heteroatoms. The van der Waals surface area contributed by atoms with Crippen molar-refractivity contribution in [1.82, 2.24) is 10.2 Å². The van der Waals surface area contributed by atoms with E-state index in [1.807, 2.05) is 6.92 Å². The Bertz CT molecular complexity index is 1240. The molecule has 1 N–H and O–H groups in total. The van der Waals surface area contributed by atoms with E-state index in [1.54, 1.807) is 6.92 Å². The first kappa shape index (κ1) is 30.4. The van der Waals surface area contributed by atoms with Crippen molar-refractivity contribution in [3.05, 3.63) is 64.4 Å². The zero-order valence-electron chi connectivity index (χ0n) is 20.6. The quantitative estimate of drug-likeness (QED) is 0.427. The van der Waals surface area contributed by atoms with Gasteiger partial charge >= 0.3 is 6.18 Å². The molecule has 2 amide bonds. The van der Waals surface area contributed by atoms with Crippen molar-refractivity contribution in [1.29, 1.82) is 0 Å². The molecule has 0 spiro atoms. The molecule has 2 rings (SSSR count). The number of hydrogen-bond donors (Lipinski definition) is 1. The van der Waals surface area contributed by atoms with Crippen LogP contribution in [0.1, 0.15) is 38.3 Å². The Labute approximate surface area is 218 Å². The molecule has 204 valence electrons. The number of benzene rings is 2. The number of hydrogen-bond acceptors (Lipinski definition) is 4. The van der Waals surface area contributed by atoms with Gasteiger partial charge in [-0.05, 0) is 44.5 Å². The zero-order valence-corrected chi connectivity index (χ0v) is 22.2. The molecule has 0 saturated carbocycles. The van der Waals surface area contributed by atoms with Gasteiger partial charge in [0.05, 0.1) is 22.5 Å². The van der Waals surface area contributed by atoms with Crippen LogP contribution in [0.2, 0.25) is 5.02 Å². The zero-order chi connectivity index (χ0) is 28.1. The predicted octanol–water partition coefficient (Wildman–Crippen LogP) is 4.60. The van der Waals surface area contributed by atoms with E-state index >= 15 is 0 Å². The third kappa shape index (κ3) is 8.06. The van der Waals surface area contributed by atoms with E-state index in [4.69, 9.17) is 11.6 Å². The maximum atomic E-state index is 14.4. The molecule has 0 bridgehead atoms. The van der Waals surface area contributed by atoms with Crippen LogP contribution >= 0.6 is 11.6 Å². The number of anilines is 1. The van der Waals surface area contributed by atoms with E-state index in [9.17, 15) is 35.6 Å². The minimum Gasteiger partial charge on any atom is -0.352 e. The third-order valence-electron chi connectivity index (χ3n) is 5.69. The van der Waals surface area contributed by atoms with E-state index in [1.165, 1.54) is 25.1 Å². The molecule has 0 heterocycles. The van der Waals surface area contributed by atoms with Gasteiger partial charge in [-0.3, -0.25) is 13.9 Å². The highest BCUT2D eigenvalue weighted by Crippen LogP contribution is 2.36. The summed E-state index contributed by atoms with van der Waals surface area (Å²) in [5.74, 6) is -2.17. The van der Waals surface area contributed by atoms with Gasteiger partial charge in [-0.15, -0.1) is 0 Å². The molecule has 0 saturated heterocycles. The predicted molar refractivity (Wildman–Crippen MR) is 133 cm³/mol. The smallest absolute Gasteiger partial charge is 0.352 e. The first-order valence-corrected chi connectivity index (χ1v) is 13.5. The van der Waals surface area contributed by atoms with Crippen LogP contribution in [0.25, 0.3) is 0 Å². The van der Waals surface area contributed by atoms with Gasteiger partial charge in [0, 0.05) is 18.2 Å². The summed E-state index contributed by atoms with van der Waals surface area (Å²) in [5.41, 5.74) is -1.67. The number of alkyl halides is 3. The molecule has 0 aliphatic rings. The van der Waals surface area contributed by atoms with Crippen LogP contribution in [0.3, 0.4) is 0 Å². The molecular formula is C24H28ClF4N3O4S. The summed E-state index contributed by atoms with van der Waals surface area (Å²) in [6.45, 7) is 3.59. The Kier molecular flexibility index (Phi) is 9.95. The molecule has 0 aromatic heterocycles. The number of sulfonamides is 1. The van der Waals surface area contributed by atoms with Crippen LogP contribution < -0.4 is 9.62 Å². The lowest BCUT2D eigenvalue weighted by Crippen LogP contribution is -2.52. The fourth-order valence-corrected chi connectivity index (χ4v) is 4.46. The van der Waals surface area contributed by atoms with Crippen molar-refractivity contribution in [2.24, 2.45) is 0 Å². The Morgan fingerprint density at radius 3 is 2.27 bits per heavy atom. The van der Waals surface area contributed by atoms with E-state index in [-0.39, 0.29) is 16.6 Å². The number of halogens is 5. The fourth-order valence-electron chi connectivity index (χ4n) is 3.33. The van der Waals surface area contributed by atoms with Gasteiger partial charge in [0.15, 0.2) is 0 Å². The van der Waals surface area contributed by atoms with E-state index in [0.717, 1.165) is 17.0 Å². The molecular weight excluding hydrogens is 538 g/mol. The molecule has 0 aliphatic carbocycles. The molecule has 0 unspecified atom stereocenters. The van der Waals surface area contributed by atoms with Crippen LogP contribution in [0.15, 0.2) is 42.5 Å². The van der Waals surface area contributed by atoms with Gasteiger partial charge in [-0.1, -0.05) is 36.7 Å². The van der Waals surface area contributed by atoms with Crippen molar-refractivity contribution in [3.8, 4) is 0 Å². The lowest BCUT2D eigenvalue weighted by Gasteiger charge is -2.32. The maximum absolute atomic E-state index is 14.4. The van der Waals surface area contributed by atoms with Crippen LogP contribution in [0, 0.1) is 5.82 Å². The molecule has 7 nitrogen and oxygen atoms in total. The molecule has 37 heavy (non-hydrogen) atoms. The summed E-state index contributed by atoms with van der Waals surface area (Å²) >= 11 is 6.03. The first-order valence-electron chi connectivity index (χ1n) is 11.2. The minimum absolute atomic E-state index is 0.0575. The molecule has 0 fully saturated rings. The van der Waals surface area contributed by atoms with Gasteiger partial charge < -0.3 is 10.2 Å². The van der Waals surface area contributed by atoms with Crippen molar-refractivity contribution in [2.45, 2.75) is 52.0 Å². The third-order valence-corrected chi connectivity index (χ3v) is 7.13. The Morgan fingerprint density at radius 1 is 1.11 bits per heavy atom. The van der Waals surface area contributed by atoms with E-state index < -0.39 is 64.2 Å². The molecule has 2 aromatic rings. The SMILES string of the molecule is CC[C@@H](C)NC(=O)[C@@H](C)N(Cc1ccccc1F)C(=O)CN(c1cc(C(F)(F)F)ccc1Cl)S(C)(=O)=O. The summed E-state index contributed by atoms with van der Waals surface area (Å²) in [6.07, 6.45) is -3.50. The summed E-state index contributed by atoms with van der Waals surface area (Å²) in [6, 6.07) is 6.19. The number of rotatable bonds is 10. The van der Waals surface area contributed by atoms with Crippen molar-refractivity contribution >= 4 is 39.1 Å². The first-order chi connectivity index (χ1) is 17.1. The second-order valence-electron chi connectivity index (χ2n) is 8.54. The number of carbonyl (C=O) groups is 2. The Morgan fingerprint density at radius 2 is 1.73 bits per heavy atom. The van der Waals surface area contributed by atoms with Crippen LogP contribution in [0.4, 0.5) is 23.2 Å².